The maximum atomic E-state index is 13.5. The average molecular weight is 457 g/mol. The van der Waals surface area contributed by atoms with Gasteiger partial charge in [-0.2, -0.15) is 0 Å². The van der Waals surface area contributed by atoms with Crippen LogP contribution in [-0.4, -0.2) is 63.0 Å². The molecule has 8 heteroatoms. The standard InChI is InChI=1S/C25H32N2O6/c1-5-18(28)27-17-7-9-23-8-6-11-26-12-10-24(17,25(23,26)33-19(29)14-23)15-13-16(30-2)21(31-3)22(32-4)20(15)27/h13,17H,5-12,14H2,1-4H3. The van der Waals surface area contributed by atoms with Crippen LogP contribution in [0.3, 0.4) is 0 Å². The zero-order chi connectivity index (χ0) is 23.2. The number of hydrogen-bond acceptors (Lipinski definition) is 7. The van der Waals surface area contributed by atoms with Crippen LogP contribution < -0.4 is 19.1 Å². The fourth-order valence-electron chi connectivity index (χ4n) is 8.35. The van der Waals surface area contributed by atoms with Gasteiger partial charge in [-0.25, -0.2) is 0 Å². The maximum absolute atomic E-state index is 13.5. The van der Waals surface area contributed by atoms with Gasteiger partial charge < -0.3 is 23.8 Å². The number of nitrogens with zero attached hydrogens (tertiary/aromatic N) is 2. The van der Waals surface area contributed by atoms with Crippen molar-refractivity contribution in [1.82, 2.24) is 4.90 Å². The Bertz CT molecular complexity index is 1060. The Morgan fingerprint density at radius 2 is 1.91 bits per heavy atom. The number of esters is 1. The summed E-state index contributed by atoms with van der Waals surface area (Å²) in [5.74, 6) is 1.49. The molecule has 4 heterocycles. The van der Waals surface area contributed by atoms with Crippen LogP contribution in [0.15, 0.2) is 6.07 Å². The van der Waals surface area contributed by atoms with Crippen LogP contribution in [0.4, 0.5) is 5.69 Å². The van der Waals surface area contributed by atoms with Crippen LogP contribution in [0, 0.1) is 5.41 Å². The van der Waals surface area contributed by atoms with Crippen molar-refractivity contribution in [2.24, 2.45) is 5.41 Å². The minimum atomic E-state index is -0.736. The molecule has 0 aromatic heterocycles. The second kappa shape index (κ2) is 6.78. The maximum Gasteiger partial charge on any atom is 0.308 e. The molecule has 4 unspecified atom stereocenters. The Kier molecular flexibility index (Phi) is 4.33. The van der Waals surface area contributed by atoms with Crippen LogP contribution in [0.1, 0.15) is 57.4 Å². The van der Waals surface area contributed by atoms with E-state index in [1.807, 2.05) is 17.9 Å². The predicted molar refractivity (Wildman–Crippen MR) is 120 cm³/mol. The van der Waals surface area contributed by atoms with Gasteiger partial charge in [0, 0.05) is 24.9 Å². The van der Waals surface area contributed by atoms with Crippen molar-refractivity contribution >= 4 is 17.6 Å². The van der Waals surface area contributed by atoms with Gasteiger partial charge in [0.15, 0.2) is 17.2 Å². The average Bonchev–Trinajstić information content (AvgIpc) is 3.43. The summed E-state index contributed by atoms with van der Waals surface area (Å²) in [4.78, 5) is 30.9. The van der Waals surface area contributed by atoms with E-state index >= 15 is 0 Å². The number of hydrogen-bond donors (Lipinski definition) is 0. The molecule has 1 saturated carbocycles. The van der Waals surface area contributed by atoms with Gasteiger partial charge in [0.2, 0.25) is 11.7 Å². The normalized spacial score (nSPS) is 35.9. The molecule has 2 spiro atoms. The zero-order valence-corrected chi connectivity index (χ0v) is 19.9. The third-order valence-corrected chi connectivity index (χ3v) is 9.25. The second-order valence-corrected chi connectivity index (χ2v) is 10.1. The van der Waals surface area contributed by atoms with Gasteiger partial charge in [0.05, 0.1) is 44.9 Å². The number of carbonyl (C=O) groups is 2. The first-order chi connectivity index (χ1) is 15.9. The predicted octanol–water partition coefficient (Wildman–Crippen LogP) is 3.00. The third kappa shape index (κ3) is 2.13. The number of benzene rings is 1. The lowest BCUT2D eigenvalue weighted by Crippen LogP contribution is -2.73. The molecule has 4 fully saturated rings. The molecule has 1 aromatic rings. The van der Waals surface area contributed by atoms with E-state index in [9.17, 15) is 9.59 Å². The van der Waals surface area contributed by atoms with Crippen molar-refractivity contribution in [3.63, 3.8) is 0 Å². The molecule has 4 aliphatic heterocycles. The number of rotatable bonds is 4. The monoisotopic (exact) mass is 456 g/mol. The lowest BCUT2D eigenvalue weighted by molar-refractivity contribution is -0.230. The first kappa shape index (κ1) is 21.1. The van der Waals surface area contributed by atoms with E-state index in [1.165, 1.54) is 0 Å². The SMILES string of the molecule is CCC(=O)N1c2c(cc(OC)c(OC)c2OC)C23CCN4CCCC5(CCC12)CC(=O)OC453. The molecule has 1 aromatic carbocycles. The van der Waals surface area contributed by atoms with Gasteiger partial charge in [-0.1, -0.05) is 6.92 Å². The Morgan fingerprint density at radius 3 is 2.61 bits per heavy atom. The summed E-state index contributed by atoms with van der Waals surface area (Å²) >= 11 is 0. The minimum Gasteiger partial charge on any atom is -0.493 e. The Balaban J connectivity index is 1.71. The molecule has 178 valence electrons. The van der Waals surface area contributed by atoms with E-state index in [-0.39, 0.29) is 23.3 Å². The van der Waals surface area contributed by atoms with Crippen LogP contribution in [0.5, 0.6) is 17.2 Å². The Hall–Kier alpha value is -2.48. The summed E-state index contributed by atoms with van der Waals surface area (Å²) in [6.07, 6.45) is 5.42. The number of fused-ring (bicyclic) bond motifs is 1. The van der Waals surface area contributed by atoms with E-state index in [2.05, 4.69) is 4.90 Å². The van der Waals surface area contributed by atoms with Gasteiger partial charge >= 0.3 is 5.97 Å². The summed E-state index contributed by atoms with van der Waals surface area (Å²) < 4.78 is 23.8. The van der Waals surface area contributed by atoms with Gasteiger partial charge in [-0.05, 0) is 43.7 Å². The summed E-state index contributed by atoms with van der Waals surface area (Å²) in [6.45, 7) is 3.64. The summed E-state index contributed by atoms with van der Waals surface area (Å²) in [5.41, 5.74) is 0.267. The molecule has 0 radical (unpaired) electrons. The second-order valence-electron chi connectivity index (χ2n) is 10.1. The van der Waals surface area contributed by atoms with Crippen molar-refractivity contribution < 1.29 is 28.5 Å². The van der Waals surface area contributed by atoms with Gasteiger partial charge in [0.25, 0.3) is 0 Å². The fourth-order valence-corrected chi connectivity index (χ4v) is 8.35. The van der Waals surface area contributed by atoms with Crippen molar-refractivity contribution in [3.05, 3.63) is 11.6 Å². The van der Waals surface area contributed by atoms with E-state index < -0.39 is 11.1 Å². The molecule has 1 aliphatic carbocycles. The first-order valence-corrected chi connectivity index (χ1v) is 12.1. The highest BCUT2D eigenvalue weighted by Gasteiger charge is 2.82. The van der Waals surface area contributed by atoms with Crippen molar-refractivity contribution in [1.29, 1.82) is 0 Å². The van der Waals surface area contributed by atoms with E-state index in [0.717, 1.165) is 56.4 Å². The molecule has 3 saturated heterocycles. The van der Waals surface area contributed by atoms with Crippen LogP contribution in [0.2, 0.25) is 0 Å². The number of methoxy groups -OCH3 is 3. The minimum absolute atomic E-state index is 0.0473. The lowest BCUT2D eigenvalue weighted by atomic mass is 9.50. The van der Waals surface area contributed by atoms with Crippen molar-refractivity contribution in [2.45, 2.75) is 69.1 Å². The molecule has 5 aliphatic rings. The Labute approximate surface area is 194 Å². The molecule has 0 bridgehead atoms. The van der Waals surface area contributed by atoms with Crippen molar-refractivity contribution in [3.8, 4) is 17.2 Å². The summed E-state index contributed by atoms with van der Waals surface area (Å²) in [6, 6.07) is 1.91. The van der Waals surface area contributed by atoms with E-state index in [0.29, 0.717) is 30.1 Å². The Morgan fingerprint density at radius 1 is 1.12 bits per heavy atom. The molecule has 33 heavy (non-hydrogen) atoms. The lowest BCUT2D eigenvalue weighted by Gasteiger charge is -2.61. The van der Waals surface area contributed by atoms with Gasteiger partial charge in [-0.3, -0.25) is 14.5 Å². The number of anilines is 1. The van der Waals surface area contributed by atoms with Gasteiger partial charge in [0.1, 0.15) is 0 Å². The number of carbonyl (C=O) groups excluding carboxylic acids is 2. The summed E-state index contributed by atoms with van der Waals surface area (Å²) in [5, 5.41) is 0. The molecular weight excluding hydrogens is 424 g/mol. The molecule has 1 amide bonds. The summed E-state index contributed by atoms with van der Waals surface area (Å²) in [7, 11) is 4.80. The zero-order valence-electron chi connectivity index (χ0n) is 19.9. The van der Waals surface area contributed by atoms with E-state index in [1.54, 1.807) is 21.3 Å². The highest BCUT2D eigenvalue weighted by Crippen LogP contribution is 2.75. The highest BCUT2D eigenvalue weighted by molar-refractivity contribution is 6.01. The molecule has 4 atom stereocenters. The molecule has 8 nitrogen and oxygen atoms in total. The largest absolute Gasteiger partial charge is 0.493 e. The number of amides is 1. The third-order valence-electron chi connectivity index (χ3n) is 9.25. The smallest absolute Gasteiger partial charge is 0.308 e. The van der Waals surface area contributed by atoms with Crippen LogP contribution in [0.25, 0.3) is 0 Å². The molecule has 6 rings (SSSR count). The quantitative estimate of drug-likeness (QED) is 0.645. The number of piperidine rings is 1. The van der Waals surface area contributed by atoms with E-state index in [4.69, 9.17) is 18.9 Å². The van der Waals surface area contributed by atoms with Crippen LogP contribution >= 0.6 is 0 Å². The van der Waals surface area contributed by atoms with Crippen LogP contribution in [-0.2, 0) is 19.7 Å². The highest BCUT2D eigenvalue weighted by atomic mass is 16.6. The van der Waals surface area contributed by atoms with Gasteiger partial charge in [-0.15, -0.1) is 0 Å². The fraction of sp³-hybridized carbons (Fsp3) is 0.680. The molecular formula is C25H32N2O6. The topological polar surface area (TPSA) is 77.5 Å². The van der Waals surface area contributed by atoms with Crippen molar-refractivity contribution in [2.75, 3.05) is 39.3 Å². The molecule has 0 N–H and O–H groups in total. The number of ether oxygens (including phenoxy) is 4. The first-order valence-electron chi connectivity index (χ1n) is 12.1.